The summed E-state index contributed by atoms with van der Waals surface area (Å²) in [7, 11) is 0. The number of nitriles is 1. The van der Waals surface area contributed by atoms with Crippen LogP contribution in [0.1, 0.15) is 11.9 Å². The third-order valence-electron chi connectivity index (χ3n) is 3.18. The molecule has 0 aromatic carbocycles. The SMILES string of the molecule is CCN1CCN(C(=O)/C(C#N)=C/c2nccs2)CC1. The predicted octanol–water partition coefficient (Wildman–Crippen LogP) is 1.21. The van der Waals surface area contributed by atoms with Crippen LogP contribution in [-0.4, -0.2) is 53.4 Å². The Morgan fingerprint density at radius 1 is 1.53 bits per heavy atom. The first-order valence-electron chi connectivity index (χ1n) is 6.27. The van der Waals surface area contributed by atoms with Crippen molar-refractivity contribution in [3.63, 3.8) is 0 Å². The summed E-state index contributed by atoms with van der Waals surface area (Å²) >= 11 is 1.42. The van der Waals surface area contributed by atoms with Gasteiger partial charge in [-0.15, -0.1) is 11.3 Å². The van der Waals surface area contributed by atoms with E-state index in [9.17, 15) is 4.79 Å². The number of hydrogen-bond acceptors (Lipinski definition) is 5. The van der Waals surface area contributed by atoms with Crippen LogP contribution in [0.2, 0.25) is 0 Å². The van der Waals surface area contributed by atoms with Crippen molar-refractivity contribution in [2.75, 3.05) is 32.7 Å². The molecule has 1 aliphatic heterocycles. The molecule has 0 spiro atoms. The van der Waals surface area contributed by atoms with Gasteiger partial charge >= 0.3 is 0 Å². The highest BCUT2D eigenvalue weighted by Crippen LogP contribution is 2.13. The number of nitrogens with zero attached hydrogens (tertiary/aromatic N) is 4. The largest absolute Gasteiger partial charge is 0.335 e. The molecular formula is C13H16N4OS. The molecule has 1 fully saturated rings. The van der Waals surface area contributed by atoms with Crippen molar-refractivity contribution in [3.8, 4) is 6.07 Å². The van der Waals surface area contributed by atoms with Crippen molar-refractivity contribution in [1.82, 2.24) is 14.8 Å². The molecule has 1 saturated heterocycles. The Bertz CT molecular complexity index is 495. The van der Waals surface area contributed by atoms with Crippen LogP contribution in [0.15, 0.2) is 17.2 Å². The second kappa shape index (κ2) is 6.45. The number of carbonyl (C=O) groups is 1. The zero-order chi connectivity index (χ0) is 13.7. The molecule has 100 valence electrons. The molecule has 5 nitrogen and oxygen atoms in total. The predicted molar refractivity (Wildman–Crippen MR) is 74.4 cm³/mol. The molecule has 1 aromatic heterocycles. The number of hydrogen-bond donors (Lipinski definition) is 0. The molecule has 6 heteroatoms. The minimum absolute atomic E-state index is 0.167. The van der Waals surface area contributed by atoms with Gasteiger partial charge in [-0.1, -0.05) is 6.92 Å². The molecule has 0 saturated carbocycles. The van der Waals surface area contributed by atoms with Gasteiger partial charge in [0.25, 0.3) is 5.91 Å². The average molecular weight is 276 g/mol. The van der Waals surface area contributed by atoms with Crippen LogP contribution >= 0.6 is 11.3 Å². The maximum Gasteiger partial charge on any atom is 0.264 e. The summed E-state index contributed by atoms with van der Waals surface area (Å²) in [5, 5.41) is 11.6. The lowest BCUT2D eigenvalue weighted by molar-refractivity contribution is -0.128. The van der Waals surface area contributed by atoms with E-state index >= 15 is 0 Å². The molecule has 2 heterocycles. The minimum Gasteiger partial charge on any atom is -0.335 e. The van der Waals surface area contributed by atoms with Crippen LogP contribution in [-0.2, 0) is 4.79 Å². The van der Waals surface area contributed by atoms with Gasteiger partial charge in [0.15, 0.2) is 0 Å². The molecule has 0 bridgehead atoms. The Hall–Kier alpha value is -1.71. The van der Waals surface area contributed by atoms with E-state index in [4.69, 9.17) is 5.26 Å². The number of piperazine rings is 1. The first kappa shape index (κ1) is 13.7. The summed E-state index contributed by atoms with van der Waals surface area (Å²) in [5.41, 5.74) is 0.167. The Kier molecular flexibility index (Phi) is 4.66. The number of rotatable bonds is 3. The van der Waals surface area contributed by atoms with Gasteiger partial charge in [0.1, 0.15) is 16.6 Å². The van der Waals surface area contributed by atoms with E-state index in [1.165, 1.54) is 11.3 Å². The second-order valence-electron chi connectivity index (χ2n) is 4.27. The third-order valence-corrected chi connectivity index (χ3v) is 3.90. The van der Waals surface area contributed by atoms with Crippen molar-refractivity contribution in [2.24, 2.45) is 0 Å². The molecule has 2 rings (SSSR count). The molecule has 19 heavy (non-hydrogen) atoms. The number of aromatic nitrogens is 1. The normalized spacial score (nSPS) is 17.3. The average Bonchev–Trinajstić information content (AvgIpc) is 2.97. The zero-order valence-corrected chi connectivity index (χ0v) is 11.7. The summed E-state index contributed by atoms with van der Waals surface area (Å²) in [6.07, 6.45) is 3.23. The van der Waals surface area contributed by atoms with Gasteiger partial charge in [0.05, 0.1) is 0 Å². The van der Waals surface area contributed by atoms with E-state index in [1.807, 2.05) is 11.4 Å². The van der Waals surface area contributed by atoms with Crippen LogP contribution < -0.4 is 0 Å². The Labute approximate surface area is 116 Å². The van der Waals surface area contributed by atoms with Gasteiger partial charge in [-0.2, -0.15) is 5.26 Å². The quantitative estimate of drug-likeness (QED) is 0.615. The second-order valence-corrected chi connectivity index (χ2v) is 5.19. The highest BCUT2D eigenvalue weighted by Gasteiger charge is 2.23. The lowest BCUT2D eigenvalue weighted by atomic mass is 10.2. The van der Waals surface area contributed by atoms with Gasteiger partial charge in [-0.25, -0.2) is 4.98 Å². The molecule has 1 amide bonds. The van der Waals surface area contributed by atoms with Crippen molar-refractivity contribution >= 4 is 23.3 Å². The number of amides is 1. The number of likely N-dealkylation sites (N-methyl/N-ethyl adjacent to an activating group) is 1. The van der Waals surface area contributed by atoms with Crippen LogP contribution in [0.25, 0.3) is 6.08 Å². The standard InChI is InChI=1S/C13H16N4OS/c1-2-16-4-6-17(7-5-16)13(18)11(10-14)9-12-15-3-8-19-12/h3,8-9H,2,4-7H2,1H3/b11-9+. The van der Waals surface area contributed by atoms with Crippen molar-refractivity contribution in [1.29, 1.82) is 5.26 Å². The fraction of sp³-hybridized carbons (Fsp3) is 0.462. The first-order chi connectivity index (χ1) is 9.24. The van der Waals surface area contributed by atoms with Crippen LogP contribution in [0, 0.1) is 11.3 Å². The van der Waals surface area contributed by atoms with Crippen molar-refractivity contribution in [2.45, 2.75) is 6.92 Å². The zero-order valence-electron chi connectivity index (χ0n) is 10.9. The van der Waals surface area contributed by atoms with Crippen LogP contribution in [0.5, 0.6) is 0 Å². The van der Waals surface area contributed by atoms with Gasteiger partial charge in [-0.3, -0.25) is 4.79 Å². The number of thiazole rings is 1. The van der Waals surface area contributed by atoms with E-state index in [1.54, 1.807) is 17.2 Å². The van der Waals surface area contributed by atoms with Gasteiger partial charge in [0.2, 0.25) is 0 Å². The van der Waals surface area contributed by atoms with E-state index in [-0.39, 0.29) is 11.5 Å². The van der Waals surface area contributed by atoms with E-state index in [2.05, 4.69) is 16.8 Å². The molecule has 1 aromatic rings. The first-order valence-corrected chi connectivity index (χ1v) is 7.15. The van der Waals surface area contributed by atoms with E-state index in [0.29, 0.717) is 18.1 Å². The van der Waals surface area contributed by atoms with E-state index < -0.39 is 0 Å². The fourth-order valence-corrected chi connectivity index (χ4v) is 2.58. The lowest BCUT2D eigenvalue weighted by Gasteiger charge is -2.33. The molecule has 0 aliphatic carbocycles. The van der Waals surface area contributed by atoms with E-state index in [0.717, 1.165) is 19.6 Å². The molecule has 0 N–H and O–H groups in total. The summed E-state index contributed by atoms with van der Waals surface area (Å²) in [5.74, 6) is -0.187. The summed E-state index contributed by atoms with van der Waals surface area (Å²) in [6.45, 7) is 6.23. The Morgan fingerprint density at radius 3 is 2.79 bits per heavy atom. The lowest BCUT2D eigenvalue weighted by Crippen LogP contribution is -2.48. The van der Waals surface area contributed by atoms with Crippen LogP contribution in [0.4, 0.5) is 0 Å². The summed E-state index contributed by atoms with van der Waals surface area (Å²) in [6, 6.07) is 1.99. The fourth-order valence-electron chi connectivity index (χ4n) is 2.01. The highest BCUT2D eigenvalue weighted by molar-refractivity contribution is 7.10. The maximum atomic E-state index is 12.2. The number of carbonyl (C=O) groups excluding carboxylic acids is 1. The van der Waals surface area contributed by atoms with Crippen molar-refractivity contribution in [3.05, 3.63) is 22.2 Å². The molecule has 1 aliphatic rings. The van der Waals surface area contributed by atoms with Crippen LogP contribution in [0.3, 0.4) is 0 Å². The summed E-state index contributed by atoms with van der Waals surface area (Å²) < 4.78 is 0. The van der Waals surface area contributed by atoms with Crippen molar-refractivity contribution < 1.29 is 4.79 Å². The molecule has 0 radical (unpaired) electrons. The minimum atomic E-state index is -0.187. The smallest absolute Gasteiger partial charge is 0.264 e. The molecular weight excluding hydrogens is 260 g/mol. The third kappa shape index (κ3) is 3.40. The maximum absolute atomic E-state index is 12.2. The molecule has 0 atom stereocenters. The molecule has 0 unspecified atom stereocenters. The van der Waals surface area contributed by atoms with Gasteiger partial charge in [0, 0.05) is 37.8 Å². The summed E-state index contributed by atoms with van der Waals surface area (Å²) in [4.78, 5) is 20.3. The van der Waals surface area contributed by atoms with Gasteiger partial charge in [-0.05, 0) is 12.6 Å². The van der Waals surface area contributed by atoms with Gasteiger partial charge < -0.3 is 9.80 Å². The monoisotopic (exact) mass is 276 g/mol. The Balaban J connectivity index is 2.04. The highest BCUT2D eigenvalue weighted by atomic mass is 32.1. The Morgan fingerprint density at radius 2 is 2.26 bits per heavy atom. The topological polar surface area (TPSA) is 60.2 Å².